The molecule has 0 aromatic heterocycles. The summed E-state index contributed by atoms with van der Waals surface area (Å²) in [5.74, 6) is 1.24. The number of rotatable bonds is 2. The number of benzene rings is 1. The molecule has 2 bridgehead atoms. The molecule has 4 aliphatic rings. The first-order chi connectivity index (χ1) is 10.2. The van der Waals surface area contributed by atoms with Crippen molar-refractivity contribution in [2.24, 2.45) is 5.92 Å². The summed E-state index contributed by atoms with van der Waals surface area (Å²) in [7, 11) is 1.64. The summed E-state index contributed by atoms with van der Waals surface area (Å²) in [6.45, 7) is 3.29. The van der Waals surface area contributed by atoms with Crippen molar-refractivity contribution >= 4 is 11.6 Å². The molecule has 4 heterocycles. The van der Waals surface area contributed by atoms with Gasteiger partial charge in [-0.15, -0.1) is 0 Å². The summed E-state index contributed by atoms with van der Waals surface area (Å²) in [5.41, 5.74) is 0.243. The topological polar surface area (TPSA) is 42.0 Å². The van der Waals surface area contributed by atoms with E-state index in [-0.39, 0.29) is 5.91 Å². The standard InChI is InChI=1S/C16H20N2O3/c1-20-14-4-2-3-13(9-14)18-11-21-16(15(18)19)10-17-7-5-12(16)6-8-17/h2-4,9,12H,5-8,10-11H2,1H3. The van der Waals surface area contributed by atoms with Crippen LogP contribution in [-0.4, -0.2) is 49.9 Å². The molecule has 21 heavy (non-hydrogen) atoms. The van der Waals surface area contributed by atoms with E-state index < -0.39 is 5.60 Å². The van der Waals surface area contributed by atoms with E-state index in [2.05, 4.69) is 4.90 Å². The number of ether oxygens (including phenoxy) is 2. The molecule has 0 N–H and O–H groups in total. The highest BCUT2D eigenvalue weighted by molar-refractivity contribution is 6.01. The number of hydrogen-bond donors (Lipinski definition) is 0. The Morgan fingerprint density at radius 3 is 2.81 bits per heavy atom. The van der Waals surface area contributed by atoms with Gasteiger partial charge in [0.1, 0.15) is 12.5 Å². The molecule has 4 aliphatic heterocycles. The summed E-state index contributed by atoms with van der Waals surface area (Å²) < 4.78 is 11.3. The van der Waals surface area contributed by atoms with E-state index in [0.717, 1.165) is 43.9 Å². The fourth-order valence-electron chi connectivity index (χ4n) is 3.92. The Morgan fingerprint density at radius 2 is 2.14 bits per heavy atom. The van der Waals surface area contributed by atoms with Crippen LogP contribution in [0.25, 0.3) is 0 Å². The van der Waals surface area contributed by atoms with E-state index in [1.54, 1.807) is 12.0 Å². The van der Waals surface area contributed by atoms with Gasteiger partial charge in [-0.3, -0.25) is 14.6 Å². The van der Waals surface area contributed by atoms with Gasteiger partial charge in [-0.1, -0.05) is 6.07 Å². The van der Waals surface area contributed by atoms with Crippen LogP contribution in [0.4, 0.5) is 5.69 Å². The molecule has 0 aliphatic carbocycles. The zero-order valence-electron chi connectivity index (χ0n) is 12.2. The molecule has 5 nitrogen and oxygen atoms in total. The van der Waals surface area contributed by atoms with Gasteiger partial charge in [0.2, 0.25) is 0 Å². The molecule has 1 spiro atoms. The minimum atomic E-state index is -0.612. The maximum Gasteiger partial charge on any atom is 0.262 e. The van der Waals surface area contributed by atoms with E-state index in [0.29, 0.717) is 12.6 Å². The smallest absolute Gasteiger partial charge is 0.262 e. The molecular weight excluding hydrogens is 268 g/mol. The van der Waals surface area contributed by atoms with Crippen LogP contribution in [0.5, 0.6) is 5.75 Å². The predicted molar refractivity (Wildman–Crippen MR) is 78.3 cm³/mol. The van der Waals surface area contributed by atoms with Crippen molar-refractivity contribution in [3.8, 4) is 5.75 Å². The number of fused-ring (bicyclic) bond motifs is 2. The Morgan fingerprint density at radius 1 is 1.33 bits per heavy atom. The zero-order chi connectivity index (χ0) is 14.4. The van der Waals surface area contributed by atoms with Crippen LogP contribution in [0.2, 0.25) is 0 Å². The largest absolute Gasteiger partial charge is 0.497 e. The summed E-state index contributed by atoms with van der Waals surface area (Å²) in [4.78, 5) is 17.1. The second kappa shape index (κ2) is 4.71. The molecular formula is C16H20N2O3. The van der Waals surface area contributed by atoms with Gasteiger partial charge in [-0.05, 0) is 38.1 Å². The number of hydrogen-bond acceptors (Lipinski definition) is 4. The van der Waals surface area contributed by atoms with E-state index >= 15 is 0 Å². The Balaban J connectivity index is 1.64. The van der Waals surface area contributed by atoms with Crippen LogP contribution in [0.1, 0.15) is 12.8 Å². The van der Waals surface area contributed by atoms with Crippen molar-refractivity contribution in [2.45, 2.75) is 18.4 Å². The van der Waals surface area contributed by atoms with E-state index in [1.807, 2.05) is 24.3 Å². The number of piperidine rings is 3. The summed E-state index contributed by atoms with van der Waals surface area (Å²) in [6.07, 6.45) is 2.13. The van der Waals surface area contributed by atoms with Crippen LogP contribution >= 0.6 is 0 Å². The monoisotopic (exact) mass is 288 g/mol. The Hall–Kier alpha value is -1.59. The van der Waals surface area contributed by atoms with Crippen molar-refractivity contribution < 1.29 is 14.3 Å². The van der Waals surface area contributed by atoms with Gasteiger partial charge < -0.3 is 9.47 Å². The predicted octanol–water partition coefficient (Wildman–Crippen LogP) is 1.48. The molecule has 1 atom stereocenters. The molecule has 5 rings (SSSR count). The first-order valence-electron chi connectivity index (χ1n) is 7.55. The molecule has 0 radical (unpaired) electrons. The van der Waals surface area contributed by atoms with E-state index in [1.165, 1.54) is 0 Å². The third kappa shape index (κ3) is 1.88. The molecule has 4 fully saturated rings. The first kappa shape index (κ1) is 13.1. The third-order valence-corrected chi connectivity index (χ3v) is 5.13. The van der Waals surface area contributed by atoms with Gasteiger partial charge in [0.15, 0.2) is 5.60 Å². The maximum absolute atomic E-state index is 13.0. The zero-order valence-corrected chi connectivity index (χ0v) is 12.2. The van der Waals surface area contributed by atoms with E-state index in [4.69, 9.17) is 9.47 Å². The van der Waals surface area contributed by atoms with Crippen LogP contribution in [0.3, 0.4) is 0 Å². The third-order valence-electron chi connectivity index (χ3n) is 5.13. The average molecular weight is 288 g/mol. The van der Waals surface area contributed by atoms with Gasteiger partial charge in [-0.25, -0.2) is 0 Å². The molecule has 1 aromatic carbocycles. The molecule has 112 valence electrons. The average Bonchev–Trinajstić information content (AvgIpc) is 2.85. The number of methoxy groups -OCH3 is 1. The highest BCUT2D eigenvalue weighted by Gasteiger charge is 2.58. The van der Waals surface area contributed by atoms with Crippen molar-refractivity contribution in [1.29, 1.82) is 0 Å². The minimum absolute atomic E-state index is 0.116. The van der Waals surface area contributed by atoms with Crippen LogP contribution < -0.4 is 9.64 Å². The molecule has 5 heteroatoms. The summed E-state index contributed by atoms with van der Waals surface area (Å²) >= 11 is 0. The van der Waals surface area contributed by atoms with Crippen molar-refractivity contribution in [3.05, 3.63) is 24.3 Å². The summed E-state index contributed by atoms with van der Waals surface area (Å²) in [5, 5.41) is 0. The fourth-order valence-corrected chi connectivity index (χ4v) is 3.92. The van der Waals surface area contributed by atoms with Crippen molar-refractivity contribution in [3.63, 3.8) is 0 Å². The lowest BCUT2D eigenvalue weighted by Crippen LogP contribution is -2.63. The Kier molecular flexibility index (Phi) is 2.94. The second-order valence-electron chi connectivity index (χ2n) is 6.15. The van der Waals surface area contributed by atoms with Gasteiger partial charge in [0.25, 0.3) is 5.91 Å². The van der Waals surface area contributed by atoms with E-state index in [9.17, 15) is 4.79 Å². The lowest BCUT2D eigenvalue weighted by Gasteiger charge is -2.49. The van der Waals surface area contributed by atoms with Crippen molar-refractivity contribution in [1.82, 2.24) is 4.90 Å². The quantitative estimate of drug-likeness (QED) is 0.826. The normalized spacial score (nSPS) is 34.7. The van der Waals surface area contributed by atoms with Crippen LogP contribution in [0, 0.1) is 5.92 Å². The van der Waals surface area contributed by atoms with Crippen molar-refractivity contribution in [2.75, 3.05) is 38.4 Å². The molecule has 1 amide bonds. The Labute approximate surface area is 124 Å². The lowest BCUT2D eigenvalue weighted by atomic mass is 9.75. The van der Waals surface area contributed by atoms with Gasteiger partial charge in [-0.2, -0.15) is 0 Å². The molecule has 1 aromatic rings. The van der Waals surface area contributed by atoms with Gasteiger partial charge in [0.05, 0.1) is 7.11 Å². The van der Waals surface area contributed by atoms with Gasteiger partial charge >= 0.3 is 0 Å². The molecule has 0 saturated carbocycles. The second-order valence-corrected chi connectivity index (χ2v) is 6.15. The van der Waals surface area contributed by atoms with Crippen LogP contribution in [0.15, 0.2) is 24.3 Å². The number of carbonyl (C=O) groups is 1. The molecule has 1 unspecified atom stereocenters. The highest BCUT2D eigenvalue weighted by atomic mass is 16.5. The van der Waals surface area contributed by atoms with Gasteiger partial charge in [0, 0.05) is 24.2 Å². The number of amides is 1. The number of anilines is 1. The summed E-state index contributed by atoms with van der Waals surface area (Å²) in [6, 6.07) is 7.61. The molecule has 4 saturated heterocycles. The lowest BCUT2D eigenvalue weighted by molar-refractivity contribution is -0.155. The first-order valence-corrected chi connectivity index (χ1v) is 7.55. The SMILES string of the molecule is COc1cccc(N2COC3(CN4CCC3CC4)C2=O)c1. The fraction of sp³-hybridized carbons (Fsp3) is 0.562. The Bertz CT molecular complexity index is 568. The minimum Gasteiger partial charge on any atom is -0.497 e. The highest BCUT2D eigenvalue weighted by Crippen LogP contribution is 2.43. The number of nitrogens with zero attached hydrogens (tertiary/aromatic N) is 2. The number of carbonyl (C=O) groups excluding carboxylic acids is 1. The maximum atomic E-state index is 13.0. The van der Waals surface area contributed by atoms with Crippen LogP contribution in [-0.2, 0) is 9.53 Å².